The lowest BCUT2D eigenvalue weighted by Gasteiger charge is -2.31. The molecule has 160 valence electrons. The molecule has 2 heterocycles. The molecule has 0 N–H and O–H groups in total. The maximum absolute atomic E-state index is 13.8. The van der Waals surface area contributed by atoms with Crippen LogP contribution < -0.4 is 9.64 Å². The van der Waals surface area contributed by atoms with Gasteiger partial charge < -0.3 is 9.64 Å². The molecule has 3 aromatic carbocycles. The van der Waals surface area contributed by atoms with E-state index >= 15 is 0 Å². The summed E-state index contributed by atoms with van der Waals surface area (Å²) in [6.45, 7) is 3.17. The molecule has 0 saturated heterocycles. The molecule has 0 bridgehead atoms. The topological polar surface area (TPSA) is 49.9 Å². The Kier molecular flexibility index (Phi) is 5.02. The van der Waals surface area contributed by atoms with E-state index in [4.69, 9.17) is 4.74 Å². The van der Waals surface area contributed by atoms with Gasteiger partial charge in [-0.25, -0.2) is 4.90 Å². The van der Waals surface area contributed by atoms with Gasteiger partial charge in [-0.1, -0.05) is 60.7 Å². The van der Waals surface area contributed by atoms with Crippen molar-refractivity contribution in [2.75, 3.05) is 18.6 Å². The maximum atomic E-state index is 13.8. The molecule has 5 nitrogen and oxygen atoms in total. The minimum Gasteiger partial charge on any atom is -0.496 e. The number of nitrogens with zero attached hydrogens (tertiary/aromatic N) is 2. The van der Waals surface area contributed by atoms with Crippen LogP contribution in [0.2, 0.25) is 0 Å². The molecule has 2 aliphatic heterocycles. The molecule has 5 rings (SSSR count). The van der Waals surface area contributed by atoms with Crippen molar-refractivity contribution in [2.45, 2.75) is 19.9 Å². The Morgan fingerprint density at radius 3 is 2.28 bits per heavy atom. The number of aryl methyl sites for hydroxylation is 1. The van der Waals surface area contributed by atoms with E-state index in [1.807, 2.05) is 72.5 Å². The first-order valence-corrected chi connectivity index (χ1v) is 10.7. The third-order valence-electron chi connectivity index (χ3n) is 6.24. The maximum Gasteiger partial charge on any atom is 0.282 e. The lowest BCUT2D eigenvalue weighted by molar-refractivity contribution is -0.120. The molecule has 3 aromatic rings. The summed E-state index contributed by atoms with van der Waals surface area (Å²) in [6, 6.07) is 23.1. The molecule has 0 spiro atoms. The molecule has 0 unspecified atom stereocenters. The van der Waals surface area contributed by atoms with Crippen LogP contribution >= 0.6 is 0 Å². The summed E-state index contributed by atoms with van der Waals surface area (Å²) in [6.07, 6.45) is 0.824. The highest BCUT2D eigenvalue weighted by Crippen LogP contribution is 2.40. The number of hydrogen-bond donors (Lipinski definition) is 0. The number of hydrogen-bond acceptors (Lipinski definition) is 4. The van der Waals surface area contributed by atoms with Crippen molar-refractivity contribution in [2.24, 2.45) is 0 Å². The van der Waals surface area contributed by atoms with Gasteiger partial charge in [0.05, 0.1) is 18.4 Å². The molecule has 0 aliphatic carbocycles. The van der Waals surface area contributed by atoms with Crippen LogP contribution in [0.4, 0.5) is 5.69 Å². The van der Waals surface area contributed by atoms with Gasteiger partial charge in [0, 0.05) is 18.7 Å². The summed E-state index contributed by atoms with van der Waals surface area (Å²) < 4.78 is 5.56. The van der Waals surface area contributed by atoms with E-state index in [0.29, 0.717) is 41.4 Å². The van der Waals surface area contributed by atoms with Gasteiger partial charge in [-0.3, -0.25) is 9.59 Å². The number of rotatable bonds is 4. The fraction of sp³-hybridized carbons (Fsp3) is 0.185. The Labute approximate surface area is 187 Å². The standard InChI is InChI=1S/C27H24N2O3/c1-18-9-3-7-13-22(18)29-26(30)24(21-12-6-8-14-23(21)32-2)25(27(29)31)28-16-15-19-10-4-5-11-20(19)17-28/h3-14H,15-17H2,1-2H3. The van der Waals surface area contributed by atoms with Gasteiger partial charge in [-0.05, 0) is 42.2 Å². The van der Waals surface area contributed by atoms with E-state index in [1.165, 1.54) is 16.0 Å². The van der Waals surface area contributed by atoms with Gasteiger partial charge in [-0.15, -0.1) is 0 Å². The van der Waals surface area contributed by atoms with Gasteiger partial charge in [0.25, 0.3) is 11.8 Å². The van der Waals surface area contributed by atoms with Crippen LogP contribution in [-0.4, -0.2) is 30.4 Å². The van der Waals surface area contributed by atoms with Crippen LogP contribution in [0.3, 0.4) is 0 Å². The smallest absolute Gasteiger partial charge is 0.282 e. The number of carbonyl (C=O) groups is 2. The quantitative estimate of drug-likeness (QED) is 0.585. The third-order valence-corrected chi connectivity index (χ3v) is 6.24. The fourth-order valence-electron chi connectivity index (χ4n) is 4.63. The highest BCUT2D eigenvalue weighted by atomic mass is 16.5. The second-order valence-corrected chi connectivity index (χ2v) is 8.10. The average Bonchev–Trinajstić information content (AvgIpc) is 3.08. The van der Waals surface area contributed by atoms with Gasteiger partial charge in [0.2, 0.25) is 0 Å². The summed E-state index contributed by atoms with van der Waals surface area (Å²) >= 11 is 0. The zero-order valence-corrected chi connectivity index (χ0v) is 18.2. The predicted octanol–water partition coefficient (Wildman–Crippen LogP) is 4.35. The number of amides is 2. The summed E-state index contributed by atoms with van der Waals surface area (Å²) in [4.78, 5) is 31.0. The lowest BCUT2D eigenvalue weighted by atomic mass is 9.97. The Morgan fingerprint density at radius 1 is 0.812 bits per heavy atom. The molecule has 5 heteroatoms. The monoisotopic (exact) mass is 424 g/mol. The summed E-state index contributed by atoms with van der Waals surface area (Å²) in [5.41, 5.74) is 5.43. The van der Waals surface area contributed by atoms with Gasteiger partial charge in [-0.2, -0.15) is 0 Å². The first kappa shape index (κ1) is 20.1. The van der Waals surface area contributed by atoms with Gasteiger partial charge in [0.15, 0.2) is 0 Å². The molecular weight excluding hydrogens is 400 g/mol. The Hall–Kier alpha value is -3.86. The van der Waals surface area contributed by atoms with Crippen LogP contribution in [0.25, 0.3) is 5.57 Å². The Morgan fingerprint density at radius 2 is 1.50 bits per heavy atom. The number of carbonyl (C=O) groups excluding carboxylic acids is 2. The van der Waals surface area contributed by atoms with Crippen molar-refractivity contribution in [3.05, 3.63) is 101 Å². The molecule has 0 saturated carbocycles. The molecule has 0 radical (unpaired) electrons. The largest absolute Gasteiger partial charge is 0.496 e. The second-order valence-electron chi connectivity index (χ2n) is 8.10. The molecule has 0 aromatic heterocycles. The van der Waals surface area contributed by atoms with Crippen LogP contribution in [0.1, 0.15) is 22.3 Å². The number of methoxy groups -OCH3 is 1. The first-order chi connectivity index (χ1) is 15.6. The molecule has 32 heavy (non-hydrogen) atoms. The van der Waals surface area contributed by atoms with Crippen molar-refractivity contribution in [3.63, 3.8) is 0 Å². The van der Waals surface area contributed by atoms with Crippen molar-refractivity contribution >= 4 is 23.1 Å². The molecule has 2 aliphatic rings. The van der Waals surface area contributed by atoms with Crippen molar-refractivity contribution in [1.29, 1.82) is 0 Å². The highest BCUT2D eigenvalue weighted by Gasteiger charge is 2.44. The lowest BCUT2D eigenvalue weighted by Crippen LogP contribution is -2.37. The highest BCUT2D eigenvalue weighted by molar-refractivity contribution is 6.45. The van der Waals surface area contributed by atoms with Crippen LogP contribution in [-0.2, 0) is 22.6 Å². The van der Waals surface area contributed by atoms with Gasteiger partial charge >= 0.3 is 0 Å². The zero-order valence-electron chi connectivity index (χ0n) is 18.2. The van der Waals surface area contributed by atoms with Crippen molar-refractivity contribution in [3.8, 4) is 5.75 Å². The van der Waals surface area contributed by atoms with E-state index < -0.39 is 0 Å². The van der Waals surface area contributed by atoms with E-state index in [1.54, 1.807) is 7.11 Å². The zero-order chi connectivity index (χ0) is 22.2. The summed E-state index contributed by atoms with van der Waals surface area (Å²) in [7, 11) is 1.58. The first-order valence-electron chi connectivity index (χ1n) is 10.7. The summed E-state index contributed by atoms with van der Waals surface area (Å²) in [5.74, 6) is -0.0301. The summed E-state index contributed by atoms with van der Waals surface area (Å²) in [5, 5.41) is 0. The number of imide groups is 1. The molecule has 2 amide bonds. The Bertz CT molecular complexity index is 1260. The number of anilines is 1. The van der Waals surface area contributed by atoms with Crippen LogP contribution in [0.5, 0.6) is 5.75 Å². The molecule has 0 fully saturated rings. The van der Waals surface area contributed by atoms with Crippen LogP contribution in [0.15, 0.2) is 78.5 Å². The number of benzene rings is 3. The van der Waals surface area contributed by atoms with Gasteiger partial charge in [0.1, 0.15) is 11.4 Å². The minimum atomic E-state index is -0.317. The minimum absolute atomic E-state index is 0.287. The van der Waals surface area contributed by atoms with E-state index in [0.717, 1.165) is 12.0 Å². The number of para-hydroxylation sites is 2. The fourth-order valence-corrected chi connectivity index (χ4v) is 4.63. The van der Waals surface area contributed by atoms with Crippen LogP contribution in [0, 0.1) is 6.92 Å². The number of ether oxygens (including phenoxy) is 1. The van der Waals surface area contributed by atoms with Crippen molar-refractivity contribution in [1.82, 2.24) is 4.90 Å². The molecule has 0 atom stereocenters. The van der Waals surface area contributed by atoms with E-state index in [2.05, 4.69) is 12.1 Å². The SMILES string of the molecule is COc1ccccc1C1=C(N2CCc3ccccc3C2)C(=O)N(c2ccccc2C)C1=O. The van der Waals surface area contributed by atoms with Crippen molar-refractivity contribution < 1.29 is 14.3 Å². The van der Waals surface area contributed by atoms with E-state index in [-0.39, 0.29) is 11.8 Å². The normalized spacial score (nSPS) is 15.9. The molecular formula is C27H24N2O3. The Balaban J connectivity index is 1.67. The average molecular weight is 425 g/mol. The number of fused-ring (bicyclic) bond motifs is 1. The predicted molar refractivity (Wildman–Crippen MR) is 124 cm³/mol. The van der Waals surface area contributed by atoms with E-state index in [9.17, 15) is 9.59 Å². The second kappa shape index (κ2) is 8.00. The third kappa shape index (κ3) is 3.17.